The van der Waals surface area contributed by atoms with Crippen LogP contribution in [0.2, 0.25) is 0 Å². The van der Waals surface area contributed by atoms with Crippen LogP contribution >= 0.6 is 0 Å². The first-order valence-electron chi connectivity index (χ1n) is 5.05. The standard InChI is InChI=1S/C10H18N4/c1-7-8(11)9(14(3)13-7)12-6-10(2)4-5-10/h12H,4-6,11H2,1-3H3. The topological polar surface area (TPSA) is 55.9 Å². The minimum absolute atomic E-state index is 0.491. The molecule has 1 saturated carbocycles. The average molecular weight is 194 g/mol. The first-order chi connectivity index (χ1) is 6.52. The highest BCUT2D eigenvalue weighted by Gasteiger charge is 2.37. The summed E-state index contributed by atoms with van der Waals surface area (Å²) in [6.45, 7) is 5.22. The van der Waals surface area contributed by atoms with E-state index in [0.29, 0.717) is 5.41 Å². The van der Waals surface area contributed by atoms with Gasteiger partial charge in [-0.15, -0.1) is 0 Å². The largest absolute Gasteiger partial charge is 0.394 e. The van der Waals surface area contributed by atoms with E-state index in [4.69, 9.17) is 5.73 Å². The molecule has 2 rings (SSSR count). The lowest BCUT2D eigenvalue weighted by Gasteiger charge is -2.11. The molecule has 0 saturated heterocycles. The molecule has 78 valence electrons. The molecule has 1 fully saturated rings. The van der Waals surface area contributed by atoms with Gasteiger partial charge in [-0.1, -0.05) is 6.92 Å². The molecule has 1 aliphatic carbocycles. The Morgan fingerprint density at radius 1 is 1.57 bits per heavy atom. The van der Waals surface area contributed by atoms with Gasteiger partial charge < -0.3 is 11.1 Å². The maximum absolute atomic E-state index is 5.91. The number of nitrogen functional groups attached to an aromatic ring is 1. The van der Waals surface area contributed by atoms with Gasteiger partial charge in [0, 0.05) is 13.6 Å². The summed E-state index contributed by atoms with van der Waals surface area (Å²) in [4.78, 5) is 0. The van der Waals surface area contributed by atoms with E-state index in [1.165, 1.54) is 12.8 Å². The van der Waals surface area contributed by atoms with E-state index in [1.54, 1.807) is 0 Å². The molecule has 1 aromatic heterocycles. The van der Waals surface area contributed by atoms with E-state index in [-0.39, 0.29) is 0 Å². The van der Waals surface area contributed by atoms with Crippen LogP contribution in [-0.2, 0) is 7.05 Å². The summed E-state index contributed by atoms with van der Waals surface area (Å²) in [7, 11) is 1.92. The number of aromatic nitrogens is 2. The molecule has 1 heterocycles. The molecule has 0 aliphatic heterocycles. The molecular formula is C10H18N4. The Balaban J connectivity index is 2.08. The van der Waals surface area contributed by atoms with Crippen LogP contribution in [0.4, 0.5) is 11.5 Å². The van der Waals surface area contributed by atoms with Crippen molar-refractivity contribution in [1.82, 2.24) is 9.78 Å². The Morgan fingerprint density at radius 2 is 2.21 bits per heavy atom. The second-order valence-corrected chi connectivity index (χ2v) is 4.64. The van der Waals surface area contributed by atoms with Gasteiger partial charge in [-0.3, -0.25) is 4.68 Å². The Kier molecular flexibility index (Phi) is 1.94. The van der Waals surface area contributed by atoms with Gasteiger partial charge in [-0.05, 0) is 25.2 Å². The molecule has 0 spiro atoms. The van der Waals surface area contributed by atoms with Crippen molar-refractivity contribution in [2.45, 2.75) is 26.7 Å². The number of rotatable bonds is 3. The van der Waals surface area contributed by atoms with Crippen molar-refractivity contribution >= 4 is 11.5 Å². The minimum Gasteiger partial charge on any atom is -0.394 e. The van der Waals surface area contributed by atoms with Gasteiger partial charge >= 0.3 is 0 Å². The third-order valence-electron chi connectivity index (χ3n) is 3.05. The van der Waals surface area contributed by atoms with Crippen LogP contribution in [0.25, 0.3) is 0 Å². The molecular weight excluding hydrogens is 176 g/mol. The van der Waals surface area contributed by atoms with E-state index < -0.39 is 0 Å². The maximum atomic E-state index is 5.91. The molecule has 14 heavy (non-hydrogen) atoms. The summed E-state index contributed by atoms with van der Waals surface area (Å²) >= 11 is 0. The zero-order chi connectivity index (χ0) is 10.3. The van der Waals surface area contributed by atoms with Gasteiger partial charge in [0.2, 0.25) is 0 Å². The molecule has 0 atom stereocenters. The van der Waals surface area contributed by atoms with Crippen LogP contribution in [0.15, 0.2) is 0 Å². The van der Waals surface area contributed by atoms with Crippen molar-refractivity contribution in [2.75, 3.05) is 17.6 Å². The smallest absolute Gasteiger partial charge is 0.147 e. The van der Waals surface area contributed by atoms with Gasteiger partial charge in [0.15, 0.2) is 0 Å². The van der Waals surface area contributed by atoms with Crippen molar-refractivity contribution in [3.63, 3.8) is 0 Å². The summed E-state index contributed by atoms with van der Waals surface area (Å²) in [5, 5.41) is 7.64. The number of aryl methyl sites for hydroxylation is 2. The van der Waals surface area contributed by atoms with E-state index in [9.17, 15) is 0 Å². The zero-order valence-electron chi connectivity index (χ0n) is 9.09. The van der Waals surface area contributed by atoms with E-state index in [0.717, 1.165) is 23.7 Å². The average Bonchev–Trinajstić information content (AvgIpc) is 2.78. The third kappa shape index (κ3) is 1.56. The van der Waals surface area contributed by atoms with Crippen LogP contribution in [0, 0.1) is 12.3 Å². The monoisotopic (exact) mass is 194 g/mol. The highest BCUT2D eigenvalue weighted by molar-refractivity contribution is 5.64. The molecule has 0 unspecified atom stereocenters. The van der Waals surface area contributed by atoms with E-state index >= 15 is 0 Å². The molecule has 0 bridgehead atoms. The molecule has 1 aromatic rings. The first-order valence-corrected chi connectivity index (χ1v) is 5.05. The fourth-order valence-corrected chi connectivity index (χ4v) is 1.57. The Hall–Kier alpha value is -1.19. The summed E-state index contributed by atoms with van der Waals surface area (Å²) in [6, 6.07) is 0. The highest BCUT2D eigenvalue weighted by Crippen LogP contribution is 2.45. The summed E-state index contributed by atoms with van der Waals surface area (Å²) in [5.74, 6) is 0.954. The zero-order valence-corrected chi connectivity index (χ0v) is 9.09. The summed E-state index contributed by atoms with van der Waals surface area (Å²) in [5.41, 5.74) is 8.07. The molecule has 1 aliphatic rings. The summed E-state index contributed by atoms with van der Waals surface area (Å²) in [6.07, 6.45) is 2.63. The van der Waals surface area contributed by atoms with Crippen molar-refractivity contribution in [2.24, 2.45) is 12.5 Å². The molecule has 0 amide bonds. The van der Waals surface area contributed by atoms with Gasteiger partial charge in [0.05, 0.1) is 11.4 Å². The van der Waals surface area contributed by atoms with Crippen molar-refractivity contribution in [1.29, 1.82) is 0 Å². The van der Waals surface area contributed by atoms with Gasteiger partial charge in [-0.2, -0.15) is 5.10 Å². The van der Waals surface area contributed by atoms with Crippen LogP contribution in [0.3, 0.4) is 0 Å². The van der Waals surface area contributed by atoms with Crippen LogP contribution in [0.1, 0.15) is 25.5 Å². The molecule has 0 aromatic carbocycles. The van der Waals surface area contributed by atoms with Crippen LogP contribution < -0.4 is 11.1 Å². The molecule has 4 heteroatoms. The van der Waals surface area contributed by atoms with Crippen molar-refractivity contribution in [3.05, 3.63) is 5.69 Å². The fraction of sp³-hybridized carbons (Fsp3) is 0.700. The normalized spacial score (nSPS) is 18.2. The lowest BCUT2D eigenvalue weighted by Crippen LogP contribution is -2.14. The number of nitrogens with one attached hydrogen (secondary N) is 1. The molecule has 3 N–H and O–H groups in total. The Labute approximate surface area is 84.5 Å². The van der Waals surface area contributed by atoms with E-state index in [2.05, 4.69) is 17.3 Å². The maximum Gasteiger partial charge on any atom is 0.147 e. The second-order valence-electron chi connectivity index (χ2n) is 4.64. The second kappa shape index (κ2) is 2.90. The van der Waals surface area contributed by atoms with E-state index in [1.807, 2.05) is 18.7 Å². The quantitative estimate of drug-likeness (QED) is 0.767. The van der Waals surface area contributed by atoms with Crippen LogP contribution in [0.5, 0.6) is 0 Å². The number of nitrogens with zero attached hydrogens (tertiary/aromatic N) is 2. The first kappa shape index (κ1) is 9.37. The Bertz CT molecular complexity index is 349. The molecule has 4 nitrogen and oxygen atoms in total. The van der Waals surface area contributed by atoms with Crippen molar-refractivity contribution < 1.29 is 0 Å². The number of anilines is 2. The van der Waals surface area contributed by atoms with Gasteiger partial charge in [0.25, 0.3) is 0 Å². The number of nitrogens with two attached hydrogens (primary N) is 1. The SMILES string of the molecule is Cc1nn(C)c(NCC2(C)CC2)c1N. The lowest BCUT2D eigenvalue weighted by molar-refractivity contribution is 0.604. The predicted octanol–water partition coefficient (Wildman–Crippen LogP) is 1.52. The van der Waals surface area contributed by atoms with Crippen molar-refractivity contribution in [3.8, 4) is 0 Å². The predicted molar refractivity (Wildman–Crippen MR) is 58.2 cm³/mol. The highest BCUT2D eigenvalue weighted by atomic mass is 15.3. The molecule has 0 radical (unpaired) electrons. The number of hydrogen-bond donors (Lipinski definition) is 2. The van der Waals surface area contributed by atoms with Gasteiger partial charge in [-0.25, -0.2) is 0 Å². The fourth-order valence-electron chi connectivity index (χ4n) is 1.57. The van der Waals surface area contributed by atoms with Gasteiger partial charge in [0.1, 0.15) is 5.82 Å². The minimum atomic E-state index is 0.491. The Morgan fingerprint density at radius 3 is 2.64 bits per heavy atom. The lowest BCUT2D eigenvalue weighted by atomic mass is 10.1. The van der Waals surface area contributed by atoms with Crippen LogP contribution in [-0.4, -0.2) is 16.3 Å². The summed E-state index contributed by atoms with van der Waals surface area (Å²) < 4.78 is 1.82. The third-order valence-corrected chi connectivity index (χ3v) is 3.05. The number of hydrogen-bond acceptors (Lipinski definition) is 3.